The van der Waals surface area contributed by atoms with Gasteiger partial charge in [0.2, 0.25) is 5.91 Å². The molecule has 0 saturated carbocycles. The summed E-state index contributed by atoms with van der Waals surface area (Å²) in [6.45, 7) is 7.74. The van der Waals surface area contributed by atoms with Crippen LogP contribution in [0.4, 0.5) is 17.1 Å². The molecule has 6 heteroatoms. The summed E-state index contributed by atoms with van der Waals surface area (Å²) in [7, 11) is 0. The summed E-state index contributed by atoms with van der Waals surface area (Å²) in [5.41, 5.74) is 2.82. The van der Waals surface area contributed by atoms with Gasteiger partial charge in [-0.25, -0.2) is 0 Å². The van der Waals surface area contributed by atoms with Crippen LogP contribution in [0.1, 0.15) is 13.8 Å². The van der Waals surface area contributed by atoms with E-state index in [1.807, 2.05) is 62.4 Å². The highest BCUT2D eigenvalue weighted by atomic mass is 16.5. The number of carbonyl (C=O) groups is 1. The lowest BCUT2D eigenvalue weighted by atomic mass is 10.2. The van der Waals surface area contributed by atoms with Gasteiger partial charge in [-0.1, -0.05) is 0 Å². The van der Waals surface area contributed by atoms with Crippen LogP contribution >= 0.6 is 0 Å². The van der Waals surface area contributed by atoms with Crippen LogP contribution in [0, 0.1) is 0 Å². The van der Waals surface area contributed by atoms with Gasteiger partial charge < -0.3 is 25.0 Å². The summed E-state index contributed by atoms with van der Waals surface area (Å²) >= 11 is 0. The highest BCUT2D eigenvalue weighted by Crippen LogP contribution is 2.20. The Morgan fingerprint density at radius 1 is 1.07 bits per heavy atom. The number of rotatable bonds is 7. The van der Waals surface area contributed by atoms with Crippen molar-refractivity contribution in [3.05, 3.63) is 48.5 Å². The van der Waals surface area contributed by atoms with Gasteiger partial charge in [-0.05, 0) is 62.4 Å². The molecule has 0 aromatic heterocycles. The van der Waals surface area contributed by atoms with Crippen molar-refractivity contribution in [1.82, 2.24) is 0 Å². The zero-order valence-corrected chi connectivity index (χ0v) is 15.9. The first-order valence-corrected chi connectivity index (χ1v) is 9.38. The molecule has 0 spiro atoms. The van der Waals surface area contributed by atoms with Crippen LogP contribution in [-0.4, -0.2) is 44.9 Å². The first-order valence-electron chi connectivity index (χ1n) is 9.38. The van der Waals surface area contributed by atoms with Crippen LogP contribution in [0.3, 0.4) is 0 Å². The standard InChI is InChI=1S/C21H27N3O3/c1-3-27-20-10-6-17(7-11-20)22-16(2)21(25)23-18-4-8-19(9-5-18)24-12-14-26-15-13-24/h4-11,16,22H,3,12-15H2,1-2H3,(H,23,25)/t16-/m0/s1. The quantitative estimate of drug-likeness (QED) is 0.784. The minimum Gasteiger partial charge on any atom is -0.494 e. The fourth-order valence-electron chi connectivity index (χ4n) is 2.96. The molecule has 0 radical (unpaired) electrons. The second-order valence-corrected chi connectivity index (χ2v) is 6.46. The fourth-order valence-corrected chi connectivity index (χ4v) is 2.96. The Labute approximate surface area is 160 Å². The van der Waals surface area contributed by atoms with E-state index in [4.69, 9.17) is 9.47 Å². The van der Waals surface area contributed by atoms with Crippen molar-refractivity contribution in [3.63, 3.8) is 0 Å². The largest absolute Gasteiger partial charge is 0.494 e. The van der Waals surface area contributed by atoms with Gasteiger partial charge in [-0.3, -0.25) is 4.79 Å². The van der Waals surface area contributed by atoms with Gasteiger partial charge in [-0.2, -0.15) is 0 Å². The Kier molecular flexibility index (Phi) is 6.54. The Hall–Kier alpha value is -2.73. The molecule has 144 valence electrons. The van der Waals surface area contributed by atoms with Gasteiger partial charge in [0.15, 0.2) is 0 Å². The summed E-state index contributed by atoms with van der Waals surface area (Å²) in [6.07, 6.45) is 0. The molecule has 2 aromatic rings. The average Bonchev–Trinajstić information content (AvgIpc) is 2.71. The summed E-state index contributed by atoms with van der Waals surface area (Å²) < 4.78 is 10.8. The first kappa shape index (κ1) is 19.0. The highest BCUT2D eigenvalue weighted by molar-refractivity contribution is 5.96. The second-order valence-electron chi connectivity index (χ2n) is 6.46. The van der Waals surface area contributed by atoms with Gasteiger partial charge in [-0.15, -0.1) is 0 Å². The Bertz CT molecular complexity index is 725. The van der Waals surface area contributed by atoms with Crippen molar-refractivity contribution < 1.29 is 14.3 Å². The SMILES string of the molecule is CCOc1ccc(N[C@@H](C)C(=O)Nc2ccc(N3CCOCC3)cc2)cc1. The lowest BCUT2D eigenvalue weighted by Crippen LogP contribution is -2.36. The van der Waals surface area contributed by atoms with E-state index in [-0.39, 0.29) is 11.9 Å². The minimum absolute atomic E-state index is 0.0805. The molecule has 2 N–H and O–H groups in total. The Morgan fingerprint density at radius 3 is 2.33 bits per heavy atom. The van der Waals surface area contributed by atoms with E-state index in [2.05, 4.69) is 15.5 Å². The van der Waals surface area contributed by atoms with Gasteiger partial charge in [0.1, 0.15) is 11.8 Å². The maximum atomic E-state index is 12.4. The molecule has 1 atom stereocenters. The van der Waals surface area contributed by atoms with E-state index in [0.717, 1.165) is 49.1 Å². The van der Waals surface area contributed by atoms with E-state index in [9.17, 15) is 4.79 Å². The zero-order chi connectivity index (χ0) is 19.1. The normalized spacial score (nSPS) is 15.1. The van der Waals surface area contributed by atoms with Crippen molar-refractivity contribution in [3.8, 4) is 5.75 Å². The van der Waals surface area contributed by atoms with E-state index in [1.165, 1.54) is 0 Å². The van der Waals surface area contributed by atoms with Crippen molar-refractivity contribution >= 4 is 23.0 Å². The molecule has 3 rings (SSSR count). The van der Waals surface area contributed by atoms with Gasteiger partial charge in [0.25, 0.3) is 0 Å². The topological polar surface area (TPSA) is 62.8 Å². The number of nitrogens with one attached hydrogen (secondary N) is 2. The number of morpholine rings is 1. The number of hydrogen-bond acceptors (Lipinski definition) is 5. The molecule has 27 heavy (non-hydrogen) atoms. The van der Waals surface area contributed by atoms with Crippen LogP contribution in [0.2, 0.25) is 0 Å². The Balaban J connectivity index is 1.52. The van der Waals surface area contributed by atoms with Crippen molar-refractivity contribution in [2.24, 2.45) is 0 Å². The summed E-state index contributed by atoms with van der Waals surface area (Å²) in [5, 5.41) is 6.16. The maximum Gasteiger partial charge on any atom is 0.246 e. The highest BCUT2D eigenvalue weighted by Gasteiger charge is 2.14. The molecule has 1 amide bonds. The third kappa shape index (κ3) is 5.37. The number of hydrogen-bond donors (Lipinski definition) is 2. The van der Waals surface area contributed by atoms with Crippen molar-refractivity contribution in [1.29, 1.82) is 0 Å². The lowest BCUT2D eigenvalue weighted by Gasteiger charge is -2.29. The van der Waals surface area contributed by atoms with Crippen molar-refractivity contribution in [2.45, 2.75) is 19.9 Å². The summed E-state index contributed by atoms with van der Waals surface area (Å²) in [4.78, 5) is 14.7. The molecular weight excluding hydrogens is 342 g/mol. The molecule has 0 aliphatic carbocycles. The van der Waals surface area contributed by atoms with E-state index in [0.29, 0.717) is 6.61 Å². The molecular formula is C21H27N3O3. The molecule has 0 bridgehead atoms. The number of nitrogens with zero attached hydrogens (tertiary/aromatic N) is 1. The summed E-state index contributed by atoms with van der Waals surface area (Å²) in [6, 6.07) is 15.2. The number of carbonyl (C=O) groups excluding carboxylic acids is 1. The molecule has 1 saturated heterocycles. The Morgan fingerprint density at radius 2 is 1.70 bits per heavy atom. The molecule has 6 nitrogen and oxygen atoms in total. The third-order valence-corrected chi connectivity index (χ3v) is 4.45. The van der Waals surface area contributed by atoms with Crippen LogP contribution in [-0.2, 0) is 9.53 Å². The van der Waals surface area contributed by atoms with Crippen molar-refractivity contribution in [2.75, 3.05) is 48.4 Å². The fraction of sp³-hybridized carbons (Fsp3) is 0.381. The van der Waals surface area contributed by atoms with Gasteiger partial charge in [0.05, 0.1) is 19.8 Å². The predicted molar refractivity (Wildman–Crippen MR) is 109 cm³/mol. The van der Waals surface area contributed by atoms with Crippen LogP contribution in [0.15, 0.2) is 48.5 Å². The monoisotopic (exact) mass is 369 g/mol. The first-order chi connectivity index (χ1) is 13.2. The van der Waals surface area contributed by atoms with E-state index >= 15 is 0 Å². The molecule has 1 aliphatic rings. The summed E-state index contributed by atoms with van der Waals surface area (Å²) in [5.74, 6) is 0.739. The number of ether oxygens (including phenoxy) is 2. The molecule has 1 heterocycles. The van der Waals surface area contributed by atoms with Crippen LogP contribution < -0.4 is 20.3 Å². The number of amides is 1. The zero-order valence-electron chi connectivity index (χ0n) is 15.9. The van der Waals surface area contributed by atoms with Gasteiger partial charge in [0, 0.05) is 30.2 Å². The molecule has 0 unspecified atom stereocenters. The molecule has 1 fully saturated rings. The smallest absolute Gasteiger partial charge is 0.246 e. The second kappa shape index (κ2) is 9.28. The third-order valence-electron chi connectivity index (χ3n) is 4.45. The minimum atomic E-state index is -0.359. The lowest BCUT2D eigenvalue weighted by molar-refractivity contribution is -0.116. The average molecular weight is 369 g/mol. The van der Waals surface area contributed by atoms with E-state index in [1.54, 1.807) is 0 Å². The molecule has 2 aromatic carbocycles. The maximum absolute atomic E-state index is 12.4. The number of benzene rings is 2. The number of anilines is 3. The predicted octanol–water partition coefficient (Wildman–Crippen LogP) is 3.36. The van der Waals surface area contributed by atoms with E-state index < -0.39 is 0 Å². The van der Waals surface area contributed by atoms with Crippen LogP contribution in [0.25, 0.3) is 0 Å². The molecule has 1 aliphatic heterocycles. The van der Waals surface area contributed by atoms with Gasteiger partial charge >= 0.3 is 0 Å². The van der Waals surface area contributed by atoms with Crippen LogP contribution in [0.5, 0.6) is 5.75 Å².